The molecule has 1 unspecified atom stereocenters. The lowest BCUT2D eigenvalue weighted by molar-refractivity contribution is -0.151. The van der Waals surface area contributed by atoms with Gasteiger partial charge in [0.05, 0.1) is 6.61 Å². The summed E-state index contributed by atoms with van der Waals surface area (Å²) < 4.78 is 10.9. The SMILES string of the molecule is CCOC(=O)C1CCCCc2ccc(C)cc2O1. The number of rotatable bonds is 2. The summed E-state index contributed by atoms with van der Waals surface area (Å²) in [6, 6.07) is 6.19. The van der Waals surface area contributed by atoms with Crippen molar-refractivity contribution in [3.05, 3.63) is 29.3 Å². The van der Waals surface area contributed by atoms with Gasteiger partial charge < -0.3 is 9.47 Å². The van der Waals surface area contributed by atoms with Crippen molar-refractivity contribution >= 4 is 5.97 Å². The van der Waals surface area contributed by atoms with Gasteiger partial charge >= 0.3 is 5.97 Å². The fraction of sp³-hybridized carbons (Fsp3) is 0.533. The third-order valence-electron chi connectivity index (χ3n) is 3.20. The molecule has 1 aliphatic heterocycles. The number of hydrogen-bond acceptors (Lipinski definition) is 3. The molecule has 2 rings (SSSR count). The molecule has 0 amide bonds. The molecule has 0 saturated heterocycles. The highest BCUT2D eigenvalue weighted by atomic mass is 16.6. The summed E-state index contributed by atoms with van der Waals surface area (Å²) in [4.78, 5) is 11.8. The minimum absolute atomic E-state index is 0.244. The van der Waals surface area contributed by atoms with Crippen LogP contribution in [0.2, 0.25) is 0 Å². The molecule has 3 nitrogen and oxygen atoms in total. The van der Waals surface area contributed by atoms with E-state index in [1.54, 1.807) is 0 Å². The predicted octanol–water partition coefficient (Wildman–Crippen LogP) is 3.03. The maximum atomic E-state index is 11.8. The summed E-state index contributed by atoms with van der Waals surface area (Å²) in [5, 5.41) is 0. The van der Waals surface area contributed by atoms with E-state index in [9.17, 15) is 4.79 Å². The van der Waals surface area contributed by atoms with Crippen molar-refractivity contribution in [3.63, 3.8) is 0 Å². The number of esters is 1. The van der Waals surface area contributed by atoms with E-state index >= 15 is 0 Å². The Kier molecular flexibility index (Phi) is 4.24. The van der Waals surface area contributed by atoms with Crippen LogP contribution in [-0.2, 0) is 16.0 Å². The first-order chi connectivity index (χ1) is 8.70. The molecule has 0 saturated carbocycles. The fourth-order valence-electron chi connectivity index (χ4n) is 2.24. The van der Waals surface area contributed by atoms with E-state index < -0.39 is 6.10 Å². The van der Waals surface area contributed by atoms with Gasteiger partial charge in [0.15, 0.2) is 6.10 Å². The Bertz CT molecular complexity index is 426. The summed E-state index contributed by atoms with van der Waals surface area (Å²) in [5.74, 6) is 0.597. The van der Waals surface area contributed by atoms with Crippen molar-refractivity contribution < 1.29 is 14.3 Å². The number of fused-ring (bicyclic) bond motifs is 1. The van der Waals surface area contributed by atoms with Crippen LogP contribution in [0.15, 0.2) is 18.2 Å². The summed E-state index contributed by atoms with van der Waals surface area (Å²) in [5.41, 5.74) is 2.34. The molecular formula is C15H20O3. The Hall–Kier alpha value is -1.51. The third-order valence-corrected chi connectivity index (χ3v) is 3.20. The first-order valence-electron chi connectivity index (χ1n) is 6.63. The normalized spacial score (nSPS) is 19.1. The molecule has 0 N–H and O–H groups in total. The monoisotopic (exact) mass is 248 g/mol. The number of benzene rings is 1. The Morgan fingerprint density at radius 1 is 1.44 bits per heavy atom. The molecule has 98 valence electrons. The number of hydrogen-bond donors (Lipinski definition) is 0. The largest absolute Gasteiger partial charge is 0.478 e. The van der Waals surface area contributed by atoms with Crippen LogP contribution in [0.5, 0.6) is 5.75 Å². The molecule has 0 bridgehead atoms. The molecular weight excluding hydrogens is 228 g/mol. The Labute approximate surface area is 108 Å². The van der Waals surface area contributed by atoms with Crippen molar-refractivity contribution in [2.45, 2.75) is 45.6 Å². The zero-order valence-corrected chi connectivity index (χ0v) is 11.1. The second kappa shape index (κ2) is 5.89. The van der Waals surface area contributed by atoms with Crippen LogP contribution >= 0.6 is 0 Å². The average molecular weight is 248 g/mol. The zero-order chi connectivity index (χ0) is 13.0. The summed E-state index contributed by atoms with van der Waals surface area (Å²) in [7, 11) is 0. The second-order valence-electron chi connectivity index (χ2n) is 4.72. The molecule has 0 aliphatic carbocycles. The Morgan fingerprint density at radius 2 is 2.28 bits per heavy atom. The number of carbonyl (C=O) groups is 1. The van der Waals surface area contributed by atoms with E-state index in [1.165, 1.54) is 5.56 Å². The van der Waals surface area contributed by atoms with Crippen LogP contribution in [0.4, 0.5) is 0 Å². The van der Waals surface area contributed by atoms with Gasteiger partial charge in [-0.1, -0.05) is 12.1 Å². The highest BCUT2D eigenvalue weighted by Gasteiger charge is 2.24. The minimum atomic E-state index is -0.453. The van der Waals surface area contributed by atoms with Crippen LogP contribution in [0.1, 0.15) is 37.3 Å². The van der Waals surface area contributed by atoms with Crippen molar-refractivity contribution in [2.75, 3.05) is 6.61 Å². The van der Waals surface area contributed by atoms with Gasteiger partial charge in [0.2, 0.25) is 0 Å². The lowest BCUT2D eigenvalue weighted by Crippen LogP contribution is -2.30. The summed E-state index contributed by atoms with van der Waals surface area (Å²) >= 11 is 0. The van der Waals surface area contributed by atoms with E-state index in [2.05, 4.69) is 12.1 Å². The maximum Gasteiger partial charge on any atom is 0.347 e. The zero-order valence-electron chi connectivity index (χ0n) is 11.1. The lowest BCUT2D eigenvalue weighted by atomic mass is 10.0. The van der Waals surface area contributed by atoms with Gasteiger partial charge in [0.25, 0.3) is 0 Å². The topological polar surface area (TPSA) is 35.5 Å². The van der Waals surface area contributed by atoms with Gasteiger partial charge in [-0.2, -0.15) is 0 Å². The Morgan fingerprint density at radius 3 is 3.06 bits per heavy atom. The first kappa shape index (κ1) is 12.9. The van der Waals surface area contributed by atoms with Gasteiger partial charge in [-0.3, -0.25) is 0 Å². The number of ether oxygens (including phenoxy) is 2. The van der Waals surface area contributed by atoms with E-state index in [0.29, 0.717) is 6.61 Å². The molecule has 1 aromatic rings. The molecule has 0 spiro atoms. The van der Waals surface area contributed by atoms with Gasteiger partial charge in [-0.15, -0.1) is 0 Å². The van der Waals surface area contributed by atoms with E-state index in [0.717, 1.165) is 37.0 Å². The highest BCUT2D eigenvalue weighted by Crippen LogP contribution is 2.27. The smallest absolute Gasteiger partial charge is 0.347 e. The van der Waals surface area contributed by atoms with Crippen molar-refractivity contribution in [1.82, 2.24) is 0 Å². The van der Waals surface area contributed by atoms with Crippen LogP contribution in [-0.4, -0.2) is 18.7 Å². The fourth-order valence-corrected chi connectivity index (χ4v) is 2.24. The molecule has 0 fully saturated rings. The van der Waals surface area contributed by atoms with Crippen LogP contribution in [0.25, 0.3) is 0 Å². The first-order valence-corrected chi connectivity index (χ1v) is 6.63. The summed E-state index contributed by atoms with van der Waals surface area (Å²) in [6.07, 6.45) is 3.40. The van der Waals surface area contributed by atoms with Crippen molar-refractivity contribution in [1.29, 1.82) is 0 Å². The molecule has 0 radical (unpaired) electrons. The van der Waals surface area contributed by atoms with E-state index in [-0.39, 0.29) is 5.97 Å². The lowest BCUT2D eigenvalue weighted by Gasteiger charge is -2.22. The molecule has 3 heteroatoms. The van der Waals surface area contributed by atoms with Gasteiger partial charge in [-0.25, -0.2) is 4.79 Å². The molecule has 18 heavy (non-hydrogen) atoms. The van der Waals surface area contributed by atoms with Gasteiger partial charge in [0.1, 0.15) is 5.75 Å². The van der Waals surface area contributed by atoms with E-state index in [1.807, 2.05) is 19.9 Å². The number of aryl methyl sites for hydroxylation is 2. The second-order valence-corrected chi connectivity index (χ2v) is 4.72. The molecule has 1 aliphatic rings. The molecule has 1 atom stereocenters. The van der Waals surface area contributed by atoms with Crippen LogP contribution in [0, 0.1) is 6.92 Å². The van der Waals surface area contributed by atoms with Gasteiger partial charge in [-0.05, 0) is 56.7 Å². The third kappa shape index (κ3) is 3.03. The quantitative estimate of drug-likeness (QED) is 0.755. The van der Waals surface area contributed by atoms with Crippen molar-refractivity contribution in [2.24, 2.45) is 0 Å². The average Bonchev–Trinajstić information content (AvgIpc) is 2.31. The summed E-state index contributed by atoms with van der Waals surface area (Å²) in [6.45, 7) is 4.25. The minimum Gasteiger partial charge on any atom is -0.478 e. The highest BCUT2D eigenvalue weighted by molar-refractivity contribution is 5.75. The van der Waals surface area contributed by atoms with Crippen molar-refractivity contribution in [3.8, 4) is 5.75 Å². The standard InChI is InChI=1S/C15H20O3/c1-3-17-15(16)13-7-5-4-6-12-9-8-11(2)10-14(12)18-13/h8-10,13H,3-7H2,1-2H3. The molecule has 1 aromatic carbocycles. The molecule has 0 aromatic heterocycles. The Balaban J connectivity index is 2.20. The van der Waals surface area contributed by atoms with E-state index in [4.69, 9.17) is 9.47 Å². The molecule has 1 heterocycles. The predicted molar refractivity (Wildman–Crippen MR) is 69.8 cm³/mol. The maximum absolute atomic E-state index is 11.8. The van der Waals surface area contributed by atoms with Crippen LogP contribution < -0.4 is 4.74 Å². The van der Waals surface area contributed by atoms with Gasteiger partial charge in [0, 0.05) is 0 Å². The number of carbonyl (C=O) groups excluding carboxylic acids is 1. The van der Waals surface area contributed by atoms with Crippen LogP contribution in [0.3, 0.4) is 0 Å².